The van der Waals surface area contributed by atoms with Gasteiger partial charge in [0, 0.05) is 25.2 Å². The highest BCUT2D eigenvalue weighted by Gasteiger charge is 2.24. The van der Waals surface area contributed by atoms with Crippen LogP contribution in [0.15, 0.2) is 12.2 Å². The quantitative estimate of drug-likeness (QED) is 0.722. The number of likely N-dealkylation sites (N-methyl/N-ethyl adjacent to an activating group) is 1. The third-order valence-corrected chi connectivity index (χ3v) is 3.91. The summed E-state index contributed by atoms with van der Waals surface area (Å²) in [4.78, 5) is 4.98. The Balaban J connectivity index is 1.79. The molecule has 2 aliphatic rings. The zero-order valence-electron chi connectivity index (χ0n) is 10.6. The molecule has 0 saturated carbocycles. The number of hydrogen-bond acceptors (Lipinski definition) is 3. The summed E-state index contributed by atoms with van der Waals surface area (Å²) in [6.45, 7) is 3.70. The van der Waals surface area contributed by atoms with Crippen LogP contribution < -0.4 is 5.73 Å². The third kappa shape index (κ3) is 3.06. The molecule has 0 amide bonds. The molecule has 0 bridgehead atoms. The molecule has 3 heteroatoms. The van der Waals surface area contributed by atoms with Crippen LogP contribution in [-0.4, -0.2) is 55.6 Å². The molecule has 16 heavy (non-hydrogen) atoms. The molecule has 2 N–H and O–H groups in total. The van der Waals surface area contributed by atoms with Crippen molar-refractivity contribution in [3.8, 4) is 0 Å². The van der Waals surface area contributed by atoms with Crippen molar-refractivity contribution in [2.75, 3.05) is 33.7 Å². The van der Waals surface area contributed by atoms with Crippen molar-refractivity contribution in [1.82, 2.24) is 9.80 Å². The number of nitrogens with two attached hydrogens (primary N) is 1. The Morgan fingerprint density at radius 2 is 2.19 bits per heavy atom. The highest BCUT2D eigenvalue weighted by Crippen LogP contribution is 2.21. The van der Waals surface area contributed by atoms with Gasteiger partial charge < -0.3 is 15.5 Å². The molecule has 0 aromatic rings. The van der Waals surface area contributed by atoms with Crippen LogP contribution >= 0.6 is 0 Å². The zero-order chi connectivity index (χ0) is 11.5. The average molecular weight is 223 g/mol. The van der Waals surface area contributed by atoms with E-state index in [0.29, 0.717) is 12.0 Å². The SMILES string of the molecule is CN(C)C1CCCN(CC2C=CC(N)C2)C1. The lowest BCUT2D eigenvalue weighted by atomic mass is 10.0. The summed E-state index contributed by atoms with van der Waals surface area (Å²) in [5.41, 5.74) is 5.89. The van der Waals surface area contributed by atoms with Crippen LogP contribution in [0.5, 0.6) is 0 Å². The number of hydrogen-bond donors (Lipinski definition) is 1. The van der Waals surface area contributed by atoms with Crippen LogP contribution in [0.2, 0.25) is 0 Å². The lowest BCUT2D eigenvalue weighted by molar-refractivity contribution is 0.123. The van der Waals surface area contributed by atoms with E-state index in [1.54, 1.807) is 0 Å². The Kier molecular flexibility index (Phi) is 4.00. The van der Waals surface area contributed by atoms with Gasteiger partial charge in [0.1, 0.15) is 0 Å². The second-order valence-corrected chi connectivity index (χ2v) is 5.56. The van der Waals surface area contributed by atoms with Crippen LogP contribution in [0.4, 0.5) is 0 Å². The molecule has 0 spiro atoms. The van der Waals surface area contributed by atoms with Gasteiger partial charge in [0.15, 0.2) is 0 Å². The molecule has 1 saturated heterocycles. The highest BCUT2D eigenvalue weighted by atomic mass is 15.2. The average Bonchev–Trinajstić information content (AvgIpc) is 2.64. The molecule has 1 aliphatic heterocycles. The minimum absolute atomic E-state index is 0.305. The van der Waals surface area contributed by atoms with Crippen LogP contribution in [0.3, 0.4) is 0 Å². The topological polar surface area (TPSA) is 32.5 Å². The Hall–Kier alpha value is -0.380. The summed E-state index contributed by atoms with van der Waals surface area (Å²) in [5.74, 6) is 0.691. The molecule has 2 rings (SSSR count). The van der Waals surface area contributed by atoms with Gasteiger partial charge in [0.05, 0.1) is 0 Å². The highest BCUT2D eigenvalue weighted by molar-refractivity contribution is 5.05. The first-order chi connectivity index (χ1) is 7.65. The van der Waals surface area contributed by atoms with E-state index < -0.39 is 0 Å². The lowest BCUT2D eigenvalue weighted by Crippen LogP contribution is -2.46. The first kappa shape index (κ1) is 12.1. The van der Waals surface area contributed by atoms with Crippen molar-refractivity contribution >= 4 is 0 Å². The first-order valence-corrected chi connectivity index (χ1v) is 6.48. The summed E-state index contributed by atoms with van der Waals surface area (Å²) >= 11 is 0. The summed E-state index contributed by atoms with van der Waals surface area (Å²) in [5, 5.41) is 0. The van der Waals surface area contributed by atoms with Gasteiger partial charge in [-0.15, -0.1) is 0 Å². The Labute approximate surface area is 99.3 Å². The Bertz CT molecular complexity index is 250. The summed E-state index contributed by atoms with van der Waals surface area (Å²) in [7, 11) is 4.39. The summed E-state index contributed by atoms with van der Waals surface area (Å²) in [6, 6.07) is 1.05. The minimum atomic E-state index is 0.305. The van der Waals surface area contributed by atoms with E-state index in [2.05, 4.69) is 36.0 Å². The maximum Gasteiger partial charge on any atom is 0.0229 e. The van der Waals surface area contributed by atoms with E-state index in [9.17, 15) is 0 Å². The monoisotopic (exact) mass is 223 g/mol. The van der Waals surface area contributed by atoms with Gasteiger partial charge in [-0.2, -0.15) is 0 Å². The standard InChI is InChI=1S/C13H25N3/c1-15(2)13-4-3-7-16(10-13)9-11-5-6-12(14)8-11/h5-6,11-13H,3-4,7-10,14H2,1-2H3. The molecule has 3 nitrogen and oxygen atoms in total. The number of nitrogens with zero attached hydrogens (tertiary/aromatic N) is 2. The van der Waals surface area contributed by atoms with Crippen LogP contribution in [-0.2, 0) is 0 Å². The molecule has 0 radical (unpaired) electrons. The summed E-state index contributed by atoms with van der Waals surface area (Å²) < 4.78 is 0. The fourth-order valence-electron chi connectivity index (χ4n) is 2.89. The largest absolute Gasteiger partial charge is 0.324 e. The minimum Gasteiger partial charge on any atom is -0.324 e. The third-order valence-electron chi connectivity index (χ3n) is 3.91. The van der Waals surface area contributed by atoms with Gasteiger partial charge in [0.25, 0.3) is 0 Å². The van der Waals surface area contributed by atoms with Gasteiger partial charge in [-0.1, -0.05) is 12.2 Å². The van der Waals surface area contributed by atoms with Crippen molar-refractivity contribution in [1.29, 1.82) is 0 Å². The van der Waals surface area contributed by atoms with Gasteiger partial charge in [0.2, 0.25) is 0 Å². The molecule has 1 heterocycles. The number of piperidine rings is 1. The normalized spacial score (nSPS) is 36.1. The van der Waals surface area contributed by atoms with Crippen molar-refractivity contribution < 1.29 is 0 Å². The molecular weight excluding hydrogens is 198 g/mol. The number of rotatable bonds is 3. The Morgan fingerprint density at radius 3 is 2.81 bits per heavy atom. The van der Waals surface area contributed by atoms with Gasteiger partial charge in [-0.05, 0) is 45.8 Å². The molecule has 92 valence electrons. The molecule has 3 atom stereocenters. The van der Waals surface area contributed by atoms with E-state index in [1.807, 2.05) is 0 Å². The van der Waals surface area contributed by atoms with Gasteiger partial charge >= 0.3 is 0 Å². The van der Waals surface area contributed by atoms with Gasteiger partial charge in [-0.3, -0.25) is 0 Å². The predicted molar refractivity (Wildman–Crippen MR) is 68.4 cm³/mol. The second-order valence-electron chi connectivity index (χ2n) is 5.56. The van der Waals surface area contributed by atoms with Crippen molar-refractivity contribution in [2.24, 2.45) is 11.7 Å². The van der Waals surface area contributed by atoms with Crippen LogP contribution in [0, 0.1) is 5.92 Å². The molecule has 1 fully saturated rings. The van der Waals surface area contributed by atoms with E-state index in [-0.39, 0.29) is 0 Å². The van der Waals surface area contributed by atoms with E-state index in [1.165, 1.54) is 32.5 Å². The van der Waals surface area contributed by atoms with E-state index in [0.717, 1.165) is 12.5 Å². The van der Waals surface area contributed by atoms with Crippen molar-refractivity contribution in [3.05, 3.63) is 12.2 Å². The van der Waals surface area contributed by atoms with Crippen LogP contribution in [0.25, 0.3) is 0 Å². The molecule has 0 aromatic heterocycles. The second kappa shape index (κ2) is 5.30. The van der Waals surface area contributed by atoms with Gasteiger partial charge in [-0.25, -0.2) is 0 Å². The zero-order valence-corrected chi connectivity index (χ0v) is 10.6. The summed E-state index contributed by atoms with van der Waals surface area (Å²) in [6.07, 6.45) is 8.31. The maximum atomic E-state index is 5.89. The predicted octanol–water partition coefficient (Wildman–Crippen LogP) is 0.916. The molecule has 0 aromatic carbocycles. The van der Waals surface area contributed by atoms with Crippen LogP contribution in [0.1, 0.15) is 19.3 Å². The Morgan fingerprint density at radius 1 is 1.38 bits per heavy atom. The molecule has 1 aliphatic carbocycles. The first-order valence-electron chi connectivity index (χ1n) is 6.48. The number of likely N-dealkylation sites (tertiary alicyclic amines) is 1. The smallest absolute Gasteiger partial charge is 0.0229 e. The van der Waals surface area contributed by atoms with E-state index in [4.69, 9.17) is 5.73 Å². The molecule has 3 unspecified atom stereocenters. The fraction of sp³-hybridized carbons (Fsp3) is 0.846. The van der Waals surface area contributed by atoms with Crippen molar-refractivity contribution in [3.63, 3.8) is 0 Å². The lowest BCUT2D eigenvalue weighted by Gasteiger charge is -2.37. The van der Waals surface area contributed by atoms with Crippen molar-refractivity contribution in [2.45, 2.75) is 31.3 Å². The van der Waals surface area contributed by atoms with E-state index >= 15 is 0 Å². The fourth-order valence-corrected chi connectivity index (χ4v) is 2.89. The molecular formula is C13H25N3. The maximum absolute atomic E-state index is 5.89.